The number of aliphatic carboxylic acids is 1. The van der Waals surface area contributed by atoms with Crippen LogP contribution in [-0.2, 0) is 14.3 Å². The van der Waals surface area contributed by atoms with Crippen molar-refractivity contribution in [2.75, 3.05) is 23.9 Å². The van der Waals surface area contributed by atoms with Gasteiger partial charge in [-0.1, -0.05) is 0 Å². The van der Waals surface area contributed by atoms with Crippen LogP contribution in [0, 0.1) is 0 Å². The lowest BCUT2D eigenvalue weighted by molar-refractivity contribution is -0.140. The summed E-state index contributed by atoms with van der Waals surface area (Å²) < 4.78 is 4.80. The van der Waals surface area contributed by atoms with E-state index in [-0.39, 0.29) is 11.3 Å². The minimum absolute atomic E-state index is 0.186. The van der Waals surface area contributed by atoms with Gasteiger partial charge in [0.25, 0.3) is 0 Å². The van der Waals surface area contributed by atoms with Gasteiger partial charge < -0.3 is 9.84 Å². The molecule has 5 nitrogen and oxygen atoms in total. The third-order valence-corrected chi connectivity index (χ3v) is 4.46. The highest BCUT2D eigenvalue weighted by Crippen LogP contribution is 2.22. The number of nitrogens with one attached hydrogen (secondary N) is 1. The summed E-state index contributed by atoms with van der Waals surface area (Å²) in [5.41, 5.74) is 0. The van der Waals surface area contributed by atoms with Crippen molar-refractivity contribution in [3.63, 3.8) is 0 Å². The number of carboxylic acids is 1. The topological polar surface area (TPSA) is 75.6 Å². The van der Waals surface area contributed by atoms with E-state index in [2.05, 4.69) is 5.32 Å². The van der Waals surface area contributed by atoms with Gasteiger partial charge >= 0.3 is 11.9 Å². The lowest BCUT2D eigenvalue weighted by Crippen LogP contribution is -2.36. The van der Waals surface area contributed by atoms with E-state index in [9.17, 15) is 9.59 Å². The molecule has 0 aromatic carbocycles. The average Bonchev–Trinajstić information content (AvgIpc) is 2.73. The van der Waals surface area contributed by atoms with Crippen LogP contribution in [0.25, 0.3) is 0 Å². The van der Waals surface area contributed by atoms with Gasteiger partial charge in [-0.15, -0.1) is 11.8 Å². The molecule has 0 aliphatic carbocycles. The van der Waals surface area contributed by atoms with Gasteiger partial charge in [0.1, 0.15) is 6.04 Å². The van der Waals surface area contributed by atoms with E-state index in [1.165, 1.54) is 11.8 Å². The van der Waals surface area contributed by atoms with Crippen LogP contribution < -0.4 is 5.32 Å². The Bertz CT molecular complexity index is 275. The van der Waals surface area contributed by atoms with Crippen molar-refractivity contribution in [2.24, 2.45) is 0 Å². The fourth-order valence-corrected chi connectivity index (χ4v) is 3.55. The molecule has 2 atom stereocenters. The zero-order valence-electron chi connectivity index (χ0n) is 9.68. The second-order valence-corrected chi connectivity index (χ2v) is 5.87. The normalized spacial score (nSPS) is 23.6. The number of carbonyl (C=O) groups excluding carboxylic acids is 1. The highest BCUT2D eigenvalue weighted by molar-refractivity contribution is 8.00. The first-order chi connectivity index (χ1) is 8.13. The maximum atomic E-state index is 11.0. The minimum atomic E-state index is -0.792. The number of carboxylic acid groups (broad SMARTS) is 1. The van der Waals surface area contributed by atoms with Gasteiger partial charge in [-0.05, 0) is 19.1 Å². The number of thioether (sulfide) groups is 2. The molecule has 0 spiro atoms. The largest absolute Gasteiger partial charge is 0.480 e. The minimum Gasteiger partial charge on any atom is -0.480 e. The van der Waals surface area contributed by atoms with Crippen molar-refractivity contribution in [2.45, 2.75) is 24.8 Å². The lowest BCUT2D eigenvalue weighted by Gasteiger charge is -2.10. The molecule has 1 rings (SSSR count). The fourth-order valence-electron chi connectivity index (χ4n) is 1.39. The molecule has 0 saturated carbocycles. The van der Waals surface area contributed by atoms with Crippen molar-refractivity contribution in [3.8, 4) is 0 Å². The van der Waals surface area contributed by atoms with Crippen LogP contribution in [-0.4, -0.2) is 52.3 Å². The van der Waals surface area contributed by atoms with Gasteiger partial charge in [-0.2, -0.15) is 11.8 Å². The average molecular weight is 279 g/mol. The molecule has 0 radical (unpaired) electrons. The van der Waals surface area contributed by atoms with Crippen LogP contribution in [0.4, 0.5) is 0 Å². The smallest absolute Gasteiger partial charge is 0.321 e. The molecule has 1 aliphatic heterocycles. The van der Waals surface area contributed by atoms with E-state index in [1.807, 2.05) is 0 Å². The van der Waals surface area contributed by atoms with Crippen LogP contribution in [0.5, 0.6) is 0 Å². The molecule has 98 valence electrons. The molecule has 1 fully saturated rings. The summed E-state index contributed by atoms with van der Waals surface area (Å²) in [5.74, 6) is 0.832. The van der Waals surface area contributed by atoms with Gasteiger partial charge in [0, 0.05) is 5.75 Å². The standard InChI is InChI=1S/C10H17NO4S2/c1-2-15-9(12)6-16-4-3-8-11-7(5-17-8)10(13)14/h7-8,11H,2-6H2,1H3,(H,13,14)/t7-,8-/m0/s1. The molecule has 17 heavy (non-hydrogen) atoms. The van der Waals surface area contributed by atoms with Gasteiger partial charge in [0.15, 0.2) is 0 Å². The van der Waals surface area contributed by atoms with Crippen molar-refractivity contribution >= 4 is 35.5 Å². The lowest BCUT2D eigenvalue weighted by atomic mass is 10.3. The molecule has 0 aromatic rings. The molecular weight excluding hydrogens is 262 g/mol. The number of hydrogen-bond acceptors (Lipinski definition) is 6. The van der Waals surface area contributed by atoms with Crippen LogP contribution in [0.1, 0.15) is 13.3 Å². The van der Waals surface area contributed by atoms with E-state index in [0.29, 0.717) is 18.1 Å². The summed E-state index contributed by atoms with van der Waals surface area (Å²) in [6.07, 6.45) is 0.860. The van der Waals surface area contributed by atoms with Crippen molar-refractivity contribution < 1.29 is 19.4 Å². The number of hydrogen-bond donors (Lipinski definition) is 2. The molecular formula is C10H17NO4S2. The number of esters is 1. The van der Waals surface area contributed by atoms with Gasteiger partial charge in [0.2, 0.25) is 0 Å². The van der Waals surface area contributed by atoms with Crippen LogP contribution in [0.2, 0.25) is 0 Å². The van der Waals surface area contributed by atoms with E-state index < -0.39 is 12.0 Å². The van der Waals surface area contributed by atoms with Gasteiger partial charge in [-0.3, -0.25) is 14.9 Å². The van der Waals surface area contributed by atoms with E-state index in [0.717, 1.165) is 12.2 Å². The predicted octanol–water partition coefficient (Wildman–Crippen LogP) is 0.788. The Morgan fingerprint density at radius 1 is 1.59 bits per heavy atom. The summed E-state index contributed by atoms with van der Waals surface area (Å²) >= 11 is 3.15. The summed E-state index contributed by atoms with van der Waals surface area (Å²) in [4.78, 5) is 21.7. The van der Waals surface area contributed by atoms with Crippen LogP contribution in [0.3, 0.4) is 0 Å². The molecule has 1 saturated heterocycles. The molecule has 1 aliphatic rings. The second kappa shape index (κ2) is 7.84. The van der Waals surface area contributed by atoms with Crippen molar-refractivity contribution in [1.82, 2.24) is 5.32 Å². The number of carbonyl (C=O) groups is 2. The third kappa shape index (κ3) is 5.65. The number of ether oxygens (including phenoxy) is 1. The van der Waals surface area contributed by atoms with Crippen LogP contribution in [0.15, 0.2) is 0 Å². The van der Waals surface area contributed by atoms with Crippen molar-refractivity contribution in [3.05, 3.63) is 0 Å². The summed E-state index contributed by atoms with van der Waals surface area (Å²) in [5, 5.41) is 12.0. The Morgan fingerprint density at radius 2 is 2.35 bits per heavy atom. The fraction of sp³-hybridized carbons (Fsp3) is 0.800. The van der Waals surface area contributed by atoms with E-state index in [1.54, 1.807) is 18.7 Å². The SMILES string of the molecule is CCOC(=O)CSCC[C@H]1N[C@H](C(=O)O)CS1. The molecule has 2 N–H and O–H groups in total. The summed E-state index contributed by atoms with van der Waals surface area (Å²) in [7, 11) is 0. The molecule has 7 heteroatoms. The summed E-state index contributed by atoms with van der Waals surface area (Å²) in [6.45, 7) is 2.20. The monoisotopic (exact) mass is 279 g/mol. The highest BCUT2D eigenvalue weighted by Gasteiger charge is 2.28. The molecule has 0 unspecified atom stereocenters. The Kier molecular flexibility index (Phi) is 6.76. The first-order valence-electron chi connectivity index (χ1n) is 5.47. The zero-order chi connectivity index (χ0) is 12.7. The van der Waals surface area contributed by atoms with Crippen LogP contribution >= 0.6 is 23.5 Å². The Hall–Kier alpha value is -0.400. The molecule has 0 amide bonds. The van der Waals surface area contributed by atoms with E-state index in [4.69, 9.17) is 9.84 Å². The second-order valence-electron chi connectivity index (χ2n) is 3.53. The van der Waals surface area contributed by atoms with Gasteiger partial charge in [0.05, 0.1) is 17.7 Å². The van der Waals surface area contributed by atoms with Crippen molar-refractivity contribution in [1.29, 1.82) is 0 Å². The summed E-state index contributed by atoms with van der Waals surface area (Å²) in [6, 6.07) is -0.431. The maximum Gasteiger partial charge on any atom is 0.321 e. The maximum absolute atomic E-state index is 11.0. The Balaban J connectivity index is 2.04. The molecule has 0 bridgehead atoms. The molecule has 0 aromatic heterocycles. The predicted molar refractivity (Wildman–Crippen MR) is 69.4 cm³/mol. The van der Waals surface area contributed by atoms with Gasteiger partial charge in [-0.25, -0.2) is 0 Å². The first kappa shape index (κ1) is 14.7. The molecule has 1 heterocycles. The van der Waals surface area contributed by atoms with E-state index >= 15 is 0 Å². The zero-order valence-corrected chi connectivity index (χ0v) is 11.3. The third-order valence-electron chi connectivity index (χ3n) is 2.20. The Morgan fingerprint density at radius 3 is 2.94 bits per heavy atom. The highest BCUT2D eigenvalue weighted by atomic mass is 32.2. The first-order valence-corrected chi connectivity index (χ1v) is 7.67. The number of rotatable bonds is 7. The Labute approximate surface area is 109 Å². The quantitative estimate of drug-likeness (QED) is 0.527.